The van der Waals surface area contributed by atoms with Gasteiger partial charge >= 0.3 is 0 Å². The lowest BCUT2D eigenvalue weighted by molar-refractivity contribution is -0.144. The first-order valence-electron chi connectivity index (χ1n) is 12.3. The number of nitrogens with zero attached hydrogens (tertiary/aromatic N) is 1. The van der Waals surface area contributed by atoms with Gasteiger partial charge in [-0.05, 0) is 57.3 Å². The van der Waals surface area contributed by atoms with Crippen LogP contribution < -0.4 is 11.1 Å². The number of Topliss-reactive ketones (excluding diaryl/α,β-unsaturated/α-hetero) is 2. The number of allylic oxidation sites excluding steroid dienone is 2. The Morgan fingerprint density at radius 3 is 2.53 bits per heavy atom. The van der Waals surface area contributed by atoms with Crippen molar-refractivity contribution in [2.75, 3.05) is 20.1 Å². The second-order valence-corrected chi connectivity index (χ2v) is 10.5. The number of phenols is 1. The molecule has 0 bridgehead atoms. The molecule has 1 fully saturated rings. The number of benzene rings is 1. The van der Waals surface area contributed by atoms with Crippen LogP contribution in [-0.4, -0.2) is 74.6 Å². The number of carbonyl (C=O) groups excluding carboxylic acids is 3. The smallest absolute Gasteiger partial charge is 0.255 e. The number of likely N-dealkylation sites (tertiary alicyclic amines) is 1. The monoisotopic (exact) mass is 497 g/mol. The highest BCUT2D eigenvalue weighted by molar-refractivity contribution is 6.24. The van der Waals surface area contributed by atoms with E-state index in [-0.39, 0.29) is 29.7 Å². The average Bonchev–Trinajstić information content (AvgIpc) is 2.81. The van der Waals surface area contributed by atoms with Gasteiger partial charge in [-0.3, -0.25) is 14.4 Å². The number of hydrogen-bond acceptors (Lipinski definition) is 9. The van der Waals surface area contributed by atoms with Crippen molar-refractivity contribution in [3.63, 3.8) is 0 Å². The Balaban J connectivity index is 1.48. The van der Waals surface area contributed by atoms with E-state index in [1.165, 1.54) is 0 Å². The molecule has 3 atom stereocenters. The first kappa shape index (κ1) is 24.5. The molecule has 1 amide bonds. The first-order valence-corrected chi connectivity index (χ1v) is 12.3. The summed E-state index contributed by atoms with van der Waals surface area (Å²) in [6.07, 6.45) is 2.17. The molecule has 1 aromatic carbocycles. The average molecular weight is 498 g/mol. The van der Waals surface area contributed by atoms with Crippen LogP contribution in [0.25, 0.3) is 0 Å². The SMILES string of the molecule is CN1CCC(NCc2ccc3c(c2O)C(=O)C2=C(O)[C@]4(O)C(=O)C(C(N)=O)=C(O)C[C@@H]4C[C@@H]2C3)CC1. The van der Waals surface area contributed by atoms with E-state index < -0.39 is 52.0 Å². The van der Waals surface area contributed by atoms with Crippen LogP contribution in [0.5, 0.6) is 5.75 Å². The van der Waals surface area contributed by atoms with E-state index in [9.17, 15) is 34.8 Å². The van der Waals surface area contributed by atoms with Crippen molar-refractivity contribution in [2.24, 2.45) is 17.6 Å². The summed E-state index contributed by atoms with van der Waals surface area (Å²) in [5.41, 5.74) is 2.98. The molecule has 1 saturated heterocycles. The highest BCUT2D eigenvalue weighted by atomic mass is 16.3. The van der Waals surface area contributed by atoms with Gasteiger partial charge < -0.3 is 36.4 Å². The number of phenolic OH excluding ortho intramolecular Hbond substituents is 1. The van der Waals surface area contributed by atoms with E-state index in [1.807, 2.05) is 0 Å². The fourth-order valence-corrected chi connectivity index (χ4v) is 6.25. The third-order valence-electron chi connectivity index (χ3n) is 8.32. The molecule has 3 aliphatic carbocycles. The molecule has 10 heteroatoms. The topological polar surface area (TPSA) is 173 Å². The van der Waals surface area contributed by atoms with Gasteiger partial charge in [0, 0.05) is 36.1 Å². The molecule has 0 saturated carbocycles. The molecule has 0 radical (unpaired) electrons. The predicted octanol–water partition coefficient (Wildman–Crippen LogP) is 0.764. The Hall–Kier alpha value is -3.21. The maximum Gasteiger partial charge on any atom is 0.255 e. The molecular weight excluding hydrogens is 466 g/mol. The molecule has 5 rings (SSSR count). The molecule has 10 nitrogen and oxygen atoms in total. The quantitative estimate of drug-likeness (QED) is 0.328. The molecule has 36 heavy (non-hydrogen) atoms. The van der Waals surface area contributed by atoms with Gasteiger partial charge in [0.1, 0.15) is 22.8 Å². The number of hydrogen-bond donors (Lipinski definition) is 6. The van der Waals surface area contributed by atoms with Gasteiger partial charge in [0.05, 0.1) is 5.56 Å². The van der Waals surface area contributed by atoms with Crippen LogP contribution >= 0.6 is 0 Å². The van der Waals surface area contributed by atoms with Crippen LogP contribution in [0.4, 0.5) is 0 Å². The largest absolute Gasteiger partial charge is 0.511 e. The number of aliphatic hydroxyl groups is 3. The fraction of sp³-hybridized carbons (Fsp3) is 0.500. The van der Waals surface area contributed by atoms with Gasteiger partial charge in [-0.1, -0.05) is 12.1 Å². The number of ketones is 2. The van der Waals surface area contributed by atoms with Crippen molar-refractivity contribution in [1.29, 1.82) is 0 Å². The molecule has 1 heterocycles. The van der Waals surface area contributed by atoms with E-state index in [4.69, 9.17) is 5.73 Å². The standard InChI is InChI=1S/C26H31N3O7/c1-29-6-4-16(5-7-29)28-11-13-3-2-12-8-14-9-15-10-17(30)20(25(27)35)24(34)26(15,36)23(33)19(14)22(32)18(12)21(13)31/h2-3,14-16,28,30-31,33,36H,4-11H2,1H3,(H2,27,35)/t14-,15-,26-/m0/s1. The summed E-state index contributed by atoms with van der Waals surface area (Å²) >= 11 is 0. The second-order valence-electron chi connectivity index (χ2n) is 10.5. The van der Waals surface area contributed by atoms with Gasteiger partial charge in [0.15, 0.2) is 11.4 Å². The Morgan fingerprint density at radius 2 is 1.86 bits per heavy atom. The van der Waals surface area contributed by atoms with Crippen molar-refractivity contribution in [1.82, 2.24) is 10.2 Å². The second kappa shape index (κ2) is 8.72. The number of fused-ring (bicyclic) bond motifs is 3. The molecule has 1 aliphatic heterocycles. The number of nitrogens with one attached hydrogen (secondary N) is 1. The zero-order valence-electron chi connectivity index (χ0n) is 20.1. The summed E-state index contributed by atoms with van der Waals surface area (Å²) < 4.78 is 0. The molecule has 1 aromatic rings. The fourth-order valence-electron chi connectivity index (χ4n) is 6.25. The minimum atomic E-state index is -2.54. The van der Waals surface area contributed by atoms with Gasteiger partial charge in [0.2, 0.25) is 5.78 Å². The van der Waals surface area contributed by atoms with Gasteiger partial charge in [-0.25, -0.2) is 0 Å². The van der Waals surface area contributed by atoms with Crippen LogP contribution in [0, 0.1) is 11.8 Å². The predicted molar refractivity (Wildman–Crippen MR) is 128 cm³/mol. The number of aromatic hydroxyl groups is 1. The van der Waals surface area contributed by atoms with Crippen molar-refractivity contribution in [2.45, 2.75) is 50.3 Å². The number of amides is 1. The highest BCUT2D eigenvalue weighted by Gasteiger charge is 2.59. The van der Waals surface area contributed by atoms with E-state index >= 15 is 0 Å². The summed E-state index contributed by atoms with van der Waals surface area (Å²) in [7, 11) is 2.08. The number of aliphatic hydroxyl groups excluding tert-OH is 2. The van der Waals surface area contributed by atoms with Crippen LogP contribution in [0.2, 0.25) is 0 Å². The van der Waals surface area contributed by atoms with Crippen LogP contribution in [-0.2, 0) is 22.6 Å². The Morgan fingerprint density at radius 1 is 1.17 bits per heavy atom. The summed E-state index contributed by atoms with van der Waals surface area (Å²) in [4.78, 5) is 40.6. The van der Waals surface area contributed by atoms with Crippen LogP contribution in [0.1, 0.15) is 47.2 Å². The highest BCUT2D eigenvalue weighted by Crippen LogP contribution is 2.51. The van der Waals surface area contributed by atoms with Crippen LogP contribution in [0.3, 0.4) is 0 Å². The summed E-state index contributed by atoms with van der Waals surface area (Å²) in [6.45, 7) is 2.33. The number of carbonyl (C=O) groups is 3. The molecule has 0 unspecified atom stereocenters. The Kier molecular flexibility index (Phi) is 5.93. The molecule has 7 N–H and O–H groups in total. The summed E-state index contributed by atoms with van der Waals surface area (Å²) in [6, 6.07) is 3.88. The van der Waals surface area contributed by atoms with E-state index in [0.29, 0.717) is 30.1 Å². The zero-order chi connectivity index (χ0) is 25.9. The van der Waals surface area contributed by atoms with Crippen molar-refractivity contribution in [3.8, 4) is 5.75 Å². The molecule has 0 aromatic heterocycles. The number of piperidine rings is 1. The molecular formula is C26H31N3O7. The van der Waals surface area contributed by atoms with Gasteiger partial charge in [-0.15, -0.1) is 0 Å². The number of primary amides is 1. The lowest BCUT2D eigenvalue weighted by Crippen LogP contribution is -2.57. The maximum absolute atomic E-state index is 13.6. The zero-order valence-corrected chi connectivity index (χ0v) is 20.1. The van der Waals surface area contributed by atoms with Crippen molar-refractivity contribution < 1.29 is 34.8 Å². The summed E-state index contributed by atoms with van der Waals surface area (Å²) in [5, 5.41) is 47.1. The Labute approximate surface area is 208 Å². The Bertz CT molecular complexity index is 1230. The third kappa shape index (κ3) is 3.63. The molecule has 0 spiro atoms. The van der Waals surface area contributed by atoms with Gasteiger partial charge in [-0.2, -0.15) is 0 Å². The van der Waals surface area contributed by atoms with E-state index in [1.54, 1.807) is 12.1 Å². The molecule has 4 aliphatic rings. The van der Waals surface area contributed by atoms with E-state index in [2.05, 4.69) is 17.3 Å². The van der Waals surface area contributed by atoms with Gasteiger partial charge in [0.25, 0.3) is 5.91 Å². The first-order chi connectivity index (χ1) is 17.0. The minimum absolute atomic E-state index is 0.0503. The summed E-state index contributed by atoms with van der Waals surface area (Å²) in [5.74, 6) is -6.08. The third-order valence-corrected chi connectivity index (χ3v) is 8.32. The van der Waals surface area contributed by atoms with E-state index in [0.717, 1.165) is 25.9 Å². The van der Waals surface area contributed by atoms with Crippen molar-refractivity contribution in [3.05, 3.63) is 51.5 Å². The number of nitrogens with two attached hydrogens (primary N) is 1. The normalized spacial score (nSPS) is 29.2. The maximum atomic E-state index is 13.6. The molecule has 192 valence electrons. The van der Waals surface area contributed by atoms with Crippen molar-refractivity contribution >= 4 is 17.5 Å². The lowest BCUT2D eigenvalue weighted by Gasteiger charge is -2.45. The lowest BCUT2D eigenvalue weighted by atomic mass is 9.60. The van der Waals surface area contributed by atoms with Crippen LogP contribution in [0.15, 0.2) is 34.8 Å². The number of rotatable bonds is 4. The minimum Gasteiger partial charge on any atom is -0.511 e.